The van der Waals surface area contributed by atoms with E-state index >= 15 is 0 Å². The highest BCUT2D eigenvalue weighted by Gasteiger charge is 2.03. The van der Waals surface area contributed by atoms with Gasteiger partial charge in [-0.05, 0) is 36.8 Å². The van der Waals surface area contributed by atoms with Gasteiger partial charge in [0.25, 0.3) is 0 Å². The molecule has 0 aliphatic heterocycles. The Morgan fingerprint density at radius 1 is 1.53 bits per heavy atom. The van der Waals surface area contributed by atoms with Crippen LogP contribution in [0.3, 0.4) is 0 Å². The SMILES string of the molecule is CCCCCOc1ccc(Cl)cc1C=NNC(N)=S. The minimum Gasteiger partial charge on any atom is -0.493 e. The molecule has 1 rings (SSSR count). The number of unbranched alkanes of at least 4 members (excludes halogenated alkanes) is 2. The highest BCUT2D eigenvalue weighted by molar-refractivity contribution is 7.80. The molecule has 0 saturated carbocycles. The number of hydrazone groups is 1. The first kappa shape index (κ1) is 15.7. The Bertz CT molecular complexity index is 452. The number of nitrogens with one attached hydrogen (secondary N) is 1. The third kappa shape index (κ3) is 6.40. The van der Waals surface area contributed by atoms with Gasteiger partial charge >= 0.3 is 0 Å². The zero-order valence-electron chi connectivity index (χ0n) is 10.9. The lowest BCUT2D eigenvalue weighted by molar-refractivity contribution is 0.306. The molecule has 6 heteroatoms. The lowest BCUT2D eigenvalue weighted by Gasteiger charge is -2.09. The van der Waals surface area contributed by atoms with Gasteiger partial charge in [0.05, 0.1) is 12.8 Å². The summed E-state index contributed by atoms with van der Waals surface area (Å²) in [6.45, 7) is 2.83. The molecule has 0 bridgehead atoms. The van der Waals surface area contributed by atoms with Crippen molar-refractivity contribution in [2.45, 2.75) is 26.2 Å². The molecule has 0 amide bonds. The Labute approximate surface area is 124 Å². The zero-order valence-corrected chi connectivity index (χ0v) is 12.4. The van der Waals surface area contributed by atoms with E-state index in [1.54, 1.807) is 18.3 Å². The second kappa shape index (κ2) is 8.72. The molecule has 1 aromatic rings. The van der Waals surface area contributed by atoms with E-state index in [0.29, 0.717) is 11.6 Å². The van der Waals surface area contributed by atoms with Crippen molar-refractivity contribution in [3.8, 4) is 5.75 Å². The van der Waals surface area contributed by atoms with Crippen molar-refractivity contribution >= 4 is 35.1 Å². The molecule has 1 aromatic carbocycles. The summed E-state index contributed by atoms with van der Waals surface area (Å²) >= 11 is 10.6. The van der Waals surface area contributed by atoms with E-state index in [1.807, 2.05) is 6.07 Å². The number of hydrogen-bond donors (Lipinski definition) is 2. The number of nitrogens with two attached hydrogens (primary N) is 1. The molecule has 0 spiro atoms. The molecule has 0 aliphatic rings. The van der Waals surface area contributed by atoms with Gasteiger partial charge in [0.1, 0.15) is 5.75 Å². The average molecular weight is 300 g/mol. The standard InChI is InChI=1S/C13H18ClN3OS/c1-2-3-4-7-18-12-6-5-11(14)8-10(12)9-16-17-13(15)19/h5-6,8-9H,2-4,7H2,1H3,(H3,15,17,19). The predicted octanol–water partition coefficient (Wildman–Crippen LogP) is 3.08. The molecule has 0 heterocycles. The lowest BCUT2D eigenvalue weighted by Crippen LogP contribution is -2.24. The maximum Gasteiger partial charge on any atom is 0.184 e. The highest BCUT2D eigenvalue weighted by atomic mass is 35.5. The summed E-state index contributed by atoms with van der Waals surface area (Å²) in [4.78, 5) is 0. The summed E-state index contributed by atoms with van der Waals surface area (Å²) < 4.78 is 5.71. The van der Waals surface area contributed by atoms with Crippen molar-refractivity contribution in [1.29, 1.82) is 0 Å². The third-order valence-electron chi connectivity index (χ3n) is 2.36. The molecule has 0 fully saturated rings. The van der Waals surface area contributed by atoms with E-state index in [9.17, 15) is 0 Å². The fourth-order valence-corrected chi connectivity index (χ4v) is 1.68. The monoisotopic (exact) mass is 299 g/mol. The van der Waals surface area contributed by atoms with Crippen molar-refractivity contribution in [1.82, 2.24) is 5.43 Å². The topological polar surface area (TPSA) is 59.6 Å². The van der Waals surface area contributed by atoms with E-state index < -0.39 is 0 Å². The summed E-state index contributed by atoms with van der Waals surface area (Å²) in [5.41, 5.74) is 8.57. The maximum atomic E-state index is 5.95. The molecule has 0 saturated heterocycles. The van der Waals surface area contributed by atoms with Crippen LogP contribution in [-0.4, -0.2) is 17.9 Å². The number of halogens is 1. The smallest absolute Gasteiger partial charge is 0.184 e. The molecule has 0 aliphatic carbocycles. The van der Waals surface area contributed by atoms with Gasteiger partial charge in [0, 0.05) is 10.6 Å². The van der Waals surface area contributed by atoms with Crippen molar-refractivity contribution in [3.63, 3.8) is 0 Å². The Hall–Kier alpha value is -1.33. The lowest BCUT2D eigenvalue weighted by atomic mass is 10.2. The van der Waals surface area contributed by atoms with Crippen molar-refractivity contribution in [2.24, 2.45) is 10.8 Å². The summed E-state index contributed by atoms with van der Waals surface area (Å²) in [6.07, 6.45) is 4.93. The first-order valence-electron chi connectivity index (χ1n) is 6.14. The summed E-state index contributed by atoms with van der Waals surface area (Å²) in [6, 6.07) is 5.40. The molecular formula is C13H18ClN3OS. The van der Waals surface area contributed by atoms with Crippen LogP contribution in [0.4, 0.5) is 0 Å². The van der Waals surface area contributed by atoms with Crippen LogP contribution in [0.2, 0.25) is 5.02 Å². The van der Waals surface area contributed by atoms with Crippen LogP contribution >= 0.6 is 23.8 Å². The summed E-state index contributed by atoms with van der Waals surface area (Å²) in [7, 11) is 0. The molecule has 0 atom stereocenters. The van der Waals surface area contributed by atoms with E-state index in [4.69, 9.17) is 22.1 Å². The van der Waals surface area contributed by atoms with Crippen LogP contribution in [0.1, 0.15) is 31.7 Å². The van der Waals surface area contributed by atoms with Crippen LogP contribution in [0, 0.1) is 0 Å². The van der Waals surface area contributed by atoms with Gasteiger partial charge in [-0.25, -0.2) is 0 Å². The summed E-state index contributed by atoms with van der Waals surface area (Å²) in [5.74, 6) is 0.744. The Balaban J connectivity index is 2.68. The van der Waals surface area contributed by atoms with Gasteiger partial charge in [-0.2, -0.15) is 5.10 Å². The molecule has 0 radical (unpaired) electrons. The maximum absolute atomic E-state index is 5.95. The van der Waals surface area contributed by atoms with Gasteiger partial charge in [0.15, 0.2) is 5.11 Å². The second-order valence-corrected chi connectivity index (χ2v) is 4.85. The van der Waals surface area contributed by atoms with E-state index in [1.165, 1.54) is 0 Å². The number of hydrogen-bond acceptors (Lipinski definition) is 3. The third-order valence-corrected chi connectivity index (χ3v) is 2.68. The number of thiocarbonyl (C=S) groups is 1. The largest absolute Gasteiger partial charge is 0.493 e. The van der Waals surface area contributed by atoms with Crippen molar-refractivity contribution < 1.29 is 4.74 Å². The molecule has 4 nitrogen and oxygen atoms in total. The Morgan fingerprint density at radius 2 is 2.32 bits per heavy atom. The molecule has 104 valence electrons. The molecule has 0 aromatic heterocycles. The normalized spacial score (nSPS) is 10.6. The van der Waals surface area contributed by atoms with Gasteiger partial charge < -0.3 is 10.5 Å². The van der Waals surface area contributed by atoms with Crippen LogP contribution in [0.15, 0.2) is 23.3 Å². The quantitative estimate of drug-likeness (QED) is 0.351. The minimum atomic E-state index is 0.115. The number of benzene rings is 1. The van der Waals surface area contributed by atoms with E-state index in [2.05, 4.69) is 29.7 Å². The molecular weight excluding hydrogens is 282 g/mol. The molecule has 19 heavy (non-hydrogen) atoms. The van der Waals surface area contributed by atoms with E-state index in [-0.39, 0.29) is 5.11 Å². The van der Waals surface area contributed by atoms with Crippen LogP contribution in [-0.2, 0) is 0 Å². The van der Waals surface area contributed by atoms with Crippen LogP contribution in [0.25, 0.3) is 0 Å². The zero-order chi connectivity index (χ0) is 14.1. The first-order chi connectivity index (χ1) is 9.13. The van der Waals surface area contributed by atoms with Gasteiger partial charge in [-0.3, -0.25) is 5.43 Å². The number of nitrogens with zero attached hydrogens (tertiary/aromatic N) is 1. The van der Waals surface area contributed by atoms with Crippen LogP contribution < -0.4 is 15.9 Å². The van der Waals surface area contributed by atoms with Gasteiger partial charge in [0.2, 0.25) is 0 Å². The first-order valence-corrected chi connectivity index (χ1v) is 6.93. The van der Waals surface area contributed by atoms with Crippen LogP contribution in [0.5, 0.6) is 5.75 Å². The second-order valence-electron chi connectivity index (χ2n) is 3.97. The number of rotatable bonds is 7. The molecule has 3 N–H and O–H groups in total. The van der Waals surface area contributed by atoms with Gasteiger partial charge in [-0.1, -0.05) is 31.4 Å². The minimum absolute atomic E-state index is 0.115. The van der Waals surface area contributed by atoms with Crippen molar-refractivity contribution in [2.75, 3.05) is 6.61 Å². The van der Waals surface area contributed by atoms with E-state index in [0.717, 1.165) is 30.6 Å². The fraction of sp³-hybridized carbons (Fsp3) is 0.385. The Kier molecular flexibility index (Phi) is 7.22. The predicted molar refractivity (Wildman–Crippen MR) is 84.0 cm³/mol. The highest BCUT2D eigenvalue weighted by Crippen LogP contribution is 2.21. The number of ether oxygens (including phenoxy) is 1. The Morgan fingerprint density at radius 3 is 3.00 bits per heavy atom. The molecule has 0 unspecified atom stereocenters. The van der Waals surface area contributed by atoms with Gasteiger partial charge in [-0.15, -0.1) is 0 Å². The summed E-state index contributed by atoms with van der Waals surface area (Å²) in [5, 5.41) is 4.64. The van der Waals surface area contributed by atoms with Crippen molar-refractivity contribution in [3.05, 3.63) is 28.8 Å². The fourth-order valence-electron chi connectivity index (χ4n) is 1.45. The average Bonchev–Trinajstić information content (AvgIpc) is 2.36.